The average Bonchev–Trinajstić information content (AvgIpc) is 2.97. The third kappa shape index (κ3) is 9.46. The van der Waals surface area contributed by atoms with Crippen molar-refractivity contribution in [2.24, 2.45) is 11.3 Å². The second-order valence-electron chi connectivity index (χ2n) is 11.9. The Kier molecular flexibility index (Phi) is 12.0. The summed E-state index contributed by atoms with van der Waals surface area (Å²) >= 11 is 12.6. The zero-order valence-corrected chi connectivity index (χ0v) is 26.1. The van der Waals surface area contributed by atoms with Crippen molar-refractivity contribution in [3.05, 3.63) is 106 Å². The second-order valence-corrected chi connectivity index (χ2v) is 12.7. The molecule has 0 radical (unpaired) electrons. The van der Waals surface area contributed by atoms with Crippen molar-refractivity contribution in [2.75, 3.05) is 39.3 Å². The molecule has 0 saturated carbocycles. The number of amides is 1. The molecule has 220 valence electrons. The number of hydrogen-bond donors (Lipinski definition) is 1. The molecule has 0 unspecified atom stereocenters. The van der Waals surface area contributed by atoms with Gasteiger partial charge in [0.1, 0.15) is 0 Å². The molecule has 7 heteroatoms. The highest BCUT2D eigenvalue weighted by Gasteiger charge is 2.35. The lowest BCUT2D eigenvalue weighted by atomic mass is 9.73. The molecule has 2 heterocycles. The summed E-state index contributed by atoms with van der Waals surface area (Å²) in [6, 6.07) is 27.4. The molecule has 0 atom stereocenters. The minimum absolute atomic E-state index is 0. The minimum Gasteiger partial charge on any atom is -0.354 e. The van der Waals surface area contributed by atoms with Crippen LogP contribution < -0.4 is 5.32 Å². The fourth-order valence-electron chi connectivity index (χ4n) is 6.37. The monoisotopic (exact) mass is 613 g/mol. The molecule has 2 fully saturated rings. The van der Waals surface area contributed by atoms with Crippen molar-refractivity contribution >= 4 is 41.5 Å². The molecule has 0 aliphatic carbocycles. The van der Waals surface area contributed by atoms with Gasteiger partial charge in [0.2, 0.25) is 5.91 Å². The summed E-state index contributed by atoms with van der Waals surface area (Å²) in [5, 5.41) is 4.52. The van der Waals surface area contributed by atoms with Crippen molar-refractivity contribution in [3.63, 3.8) is 0 Å². The minimum atomic E-state index is 0. The lowest BCUT2D eigenvalue weighted by Crippen LogP contribution is -2.49. The third-order valence-corrected chi connectivity index (χ3v) is 9.57. The summed E-state index contributed by atoms with van der Waals surface area (Å²) < 4.78 is 0. The van der Waals surface area contributed by atoms with Gasteiger partial charge in [0.25, 0.3) is 0 Å². The smallest absolute Gasteiger partial charge is 0.234 e. The van der Waals surface area contributed by atoms with E-state index in [0.717, 1.165) is 71.2 Å². The van der Waals surface area contributed by atoms with Gasteiger partial charge >= 0.3 is 0 Å². The maximum absolute atomic E-state index is 13.1. The van der Waals surface area contributed by atoms with Crippen molar-refractivity contribution < 1.29 is 4.79 Å². The van der Waals surface area contributed by atoms with Crippen LogP contribution in [0.25, 0.3) is 0 Å². The topological polar surface area (TPSA) is 35.6 Å². The fourth-order valence-corrected chi connectivity index (χ4v) is 6.69. The van der Waals surface area contributed by atoms with Gasteiger partial charge in [-0.2, -0.15) is 0 Å². The molecule has 1 amide bonds. The van der Waals surface area contributed by atoms with E-state index in [-0.39, 0.29) is 23.7 Å². The Morgan fingerprint density at radius 3 is 2.05 bits per heavy atom. The highest BCUT2D eigenvalue weighted by molar-refractivity contribution is 6.42. The lowest BCUT2D eigenvalue weighted by Gasteiger charge is -2.42. The summed E-state index contributed by atoms with van der Waals surface area (Å²) in [5.41, 5.74) is 3.95. The summed E-state index contributed by atoms with van der Waals surface area (Å²) in [7, 11) is 0. The number of carbonyl (C=O) groups is 1. The number of rotatable bonds is 10. The number of piperidine rings is 2. The highest BCUT2D eigenvalue weighted by atomic mass is 35.5. The van der Waals surface area contributed by atoms with E-state index in [0.29, 0.717) is 29.1 Å². The molecule has 41 heavy (non-hydrogen) atoms. The summed E-state index contributed by atoms with van der Waals surface area (Å²) in [5.74, 6) is 0.846. The van der Waals surface area contributed by atoms with Gasteiger partial charge in [0.05, 0.1) is 16.6 Å². The molecule has 0 spiro atoms. The Balaban J connectivity index is 0.00000387. The zero-order chi connectivity index (χ0) is 27.8. The highest BCUT2D eigenvalue weighted by Crippen LogP contribution is 2.36. The predicted octanol–water partition coefficient (Wildman–Crippen LogP) is 7.31. The predicted molar refractivity (Wildman–Crippen MR) is 173 cm³/mol. The summed E-state index contributed by atoms with van der Waals surface area (Å²) in [6.45, 7) is 6.16. The molecule has 5 rings (SSSR count). The maximum atomic E-state index is 13.1. The number of carbonyl (C=O) groups excluding carboxylic acids is 1. The number of benzene rings is 3. The Morgan fingerprint density at radius 1 is 0.780 bits per heavy atom. The molecule has 3 aromatic carbocycles. The molecule has 1 N–H and O–H groups in total. The van der Waals surface area contributed by atoms with Crippen LogP contribution in [0.15, 0.2) is 78.9 Å². The SMILES string of the molecule is Cl.O=C(CN1CCC(Cc2ccccc2)CC1)NCC1(Cc2ccc(Cl)c(Cl)c2)CCN(Cc2ccccc2)CC1. The first-order valence-corrected chi connectivity index (χ1v) is 15.5. The summed E-state index contributed by atoms with van der Waals surface area (Å²) in [4.78, 5) is 18.0. The number of nitrogens with one attached hydrogen (secondary N) is 1. The van der Waals surface area contributed by atoms with E-state index in [2.05, 4.69) is 81.8 Å². The average molecular weight is 615 g/mol. The number of halogens is 3. The van der Waals surface area contributed by atoms with Crippen LogP contribution in [0.5, 0.6) is 0 Å². The van der Waals surface area contributed by atoms with Crippen molar-refractivity contribution in [3.8, 4) is 0 Å². The van der Waals surface area contributed by atoms with E-state index < -0.39 is 0 Å². The molecule has 0 aromatic heterocycles. The van der Waals surface area contributed by atoms with Crippen molar-refractivity contribution in [1.29, 1.82) is 0 Å². The summed E-state index contributed by atoms with van der Waals surface area (Å²) in [6.07, 6.45) is 6.39. The number of hydrogen-bond acceptors (Lipinski definition) is 3. The molecule has 2 saturated heterocycles. The lowest BCUT2D eigenvalue weighted by molar-refractivity contribution is -0.123. The Morgan fingerprint density at radius 2 is 1.41 bits per heavy atom. The fraction of sp³-hybridized carbons (Fsp3) is 0.441. The van der Waals surface area contributed by atoms with Crippen LogP contribution in [-0.2, 0) is 24.2 Å². The van der Waals surface area contributed by atoms with Crippen molar-refractivity contribution in [2.45, 2.75) is 45.1 Å². The van der Waals surface area contributed by atoms with Crippen LogP contribution in [0.4, 0.5) is 0 Å². The van der Waals surface area contributed by atoms with Gasteiger partial charge in [-0.1, -0.05) is 89.9 Å². The van der Waals surface area contributed by atoms with E-state index in [1.165, 1.54) is 16.7 Å². The van der Waals surface area contributed by atoms with Gasteiger partial charge in [-0.25, -0.2) is 0 Å². The molecule has 4 nitrogen and oxygen atoms in total. The molecule has 0 bridgehead atoms. The van der Waals surface area contributed by atoms with Gasteiger partial charge in [-0.05, 0) is 105 Å². The van der Waals surface area contributed by atoms with Gasteiger partial charge in [-0.3, -0.25) is 14.6 Å². The normalized spacial score (nSPS) is 18.0. The first kappa shape index (κ1) is 31.8. The van der Waals surface area contributed by atoms with Crippen LogP contribution in [-0.4, -0.2) is 55.0 Å². The zero-order valence-electron chi connectivity index (χ0n) is 23.7. The van der Waals surface area contributed by atoms with E-state index in [9.17, 15) is 4.79 Å². The Hall–Kier alpha value is -2.08. The first-order valence-electron chi connectivity index (χ1n) is 14.7. The van der Waals surface area contributed by atoms with Crippen LogP contribution in [0, 0.1) is 11.3 Å². The molecule has 2 aliphatic rings. The molecule has 3 aromatic rings. The second kappa shape index (κ2) is 15.4. The van der Waals surface area contributed by atoms with Gasteiger partial charge in [0, 0.05) is 13.1 Å². The van der Waals surface area contributed by atoms with Crippen LogP contribution >= 0.6 is 35.6 Å². The Bertz CT molecular complexity index is 1220. The quantitative estimate of drug-likeness (QED) is 0.260. The van der Waals surface area contributed by atoms with E-state index in [1.54, 1.807) is 0 Å². The van der Waals surface area contributed by atoms with Crippen LogP contribution in [0.3, 0.4) is 0 Å². The van der Waals surface area contributed by atoms with Gasteiger partial charge in [0.15, 0.2) is 0 Å². The van der Waals surface area contributed by atoms with E-state index in [4.69, 9.17) is 23.2 Å². The molecule has 2 aliphatic heterocycles. The molecular formula is C34H42Cl3N3O. The van der Waals surface area contributed by atoms with Gasteiger partial charge in [-0.15, -0.1) is 12.4 Å². The first-order chi connectivity index (χ1) is 19.5. The van der Waals surface area contributed by atoms with Crippen LogP contribution in [0.2, 0.25) is 10.0 Å². The van der Waals surface area contributed by atoms with E-state index in [1.807, 2.05) is 12.1 Å². The van der Waals surface area contributed by atoms with Crippen molar-refractivity contribution in [1.82, 2.24) is 15.1 Å². The number of nitrogens with zero attached hydrogens (tertiary/aromatic N) is 2. The maximum Gasteiger partial charge on any atom is 0.234 e. The van der Waals surface area contributed by atoms with Crippen LogP contribution in [0.1, 0.15) is 42.4 Å². The largest absolute Gasteiger partial charge is 0.354 e. The number of likely N-dealkylation sites (tertiary alicyclic amines) is 2. The molecular weight excluding hydrogens is 573 g/mol. The Labute approximate surface area is 261 Å². The third-order valence-electron chi connectivity index (χ3n) is 8.83. The van der Waals surface area contributed by atoms with Gasteiger partial charge < -0.3 is 5.32 Å². The standard InChI is InChI=1S/C34H41Cl2N3O.ClH/c35-31-12-11-30(22-32(31)36)23-34(15-19-39(20-16-34)24-29-9-5-2-6-10-29)26-37-33(40)25-38-17-13-28(14-18-38)21-27-7-3-1-4-8-27;/h1-12,22,28H,13-21,23-26H2,(H,37,40);1H. The van der Waals surface area contributed by atoms with E-state index >= 15 is 0 Å².